The molecule has 31 heavy (non-hydrogen) atoms. The average molecular weight is 553 g/mol. The van der Waals surface area contributed by atoms with E-state index in [-0.39, 0.29) is 0 Å². The predicted molar refractivity (Wildman–Crippen MR) is 102 cm³/mol. The number of carbonyl (C=O) groups excluding carboxylic acids is 2. The number of carboxylic acid groups (broad SMARTS) is 1. The monoisotopic (exact) mass is 553 g/mol. The van der Waals surface area contributed by atoms with Gasteiger partial charge in [-0.3, -0.25) is 0 Å². The van der Waals surface area contributed by atoms with Crippen molar-refractivity contribution in [3.8, 4) is 0 Å². The second-order valence-corrected chi connectivity index (χ2v) is 11.0. The first-order chi connectivity index (χ1) is 14.6. The van der Waals surface area contributed by atoms with E-state index >= 15 is 0 Å². The maximum absolute atomic E-state index is 13.6. The molecule has 1 aliphatic carbocycles. The van der Waals surface area contributed by atoms with Crippen molar-refractivity contribution in [1.29, 1.82) is 0 Å². The van der Waals surface area contributed by atoms with Crippen molar-refractivity contribution in [2.24, 2.45) is 5.92 Å². The quantitative estimate of drug-likeness (QED) is 0.305. The second-order valence-electron chi connectivity index (χ2n) is 8.04. The molecule has 1 saturated carbocycles. The fourth-order valence-corrected chi connectivity index (χ4v) is 7.42. The average Bonchev–Trinajstić information content (AvgIpc) is 2.69. The van der Waals surface area contributed by atoms with E-state index in [1.807, 2.05) is 36.5 Å². The molecular formula is C21H25F3IN2O4-. The summed E-state index contributed by atoms with van der Waals surface area (Å²) in [4.78, 5) is 37.3. The minimum absolute atomic E-state index is 0.339. The van der Waals surface area contributed by atoms with Crippen LogP contribution in [-0.4, -0.2) is 50.1 Å². The van der Waals surface area contributed by atoms with Gasteiger partial charge in [0.15, 0.2) is 0 Å². The van der Waals surface area contributed by atoms with E-state index < -0.39 is 67.2 Å². The molecule has 0 bridgehead atoms. The number of urea groups is 1. The molecule has 172 valence electrons. The normalized spacial score (nSPS) is 23.4. The molecule has 1 unspecified atom stereocenters. The number of carboxylic acids is 1. The summed E-state index contributed by atoms with van der Waals surface area (Å²) in [5.74, 6) is -2.83. The third kappa shape index (κ3) is 5.50. The summed E-state index contributed by atoms with van der Waals surface area (Å²) in [6.07, 6.45) is -1.83. The van der Waals surface area contributed by atoms with Gasteiger partial charge in [0.2, 0.25) is 0 Å². The number of hydrogen-bond donors (Lipinski definition) is 2. The van der Waals surface area contributed by atoms with Crippen LogP contribution in [0, 0.1) is 12.8 Å². The van der Waals surface area contributed by atoms with Gasteiger partial charge >= 0.3 is 189 Å². The van der Waals surface area contributed by atoms with Crippen LogP contribution in [0.1, 0.15) is 43.2 Å². The van der Waals surface area contributed by atoms with Crippen LogP contribution in [-0.2, 0) is 14.0 Å². The summed E-state index contributed by atoms with van der Waals surface area (Å²) < 4.78 is 40.5. The summed E-state index contributed by atoms with van der Waals surface area (Å²) in [6, 6.07) is 2.87. The first kappa shape index (κ1) is 23.8. The van der Waals surface area contributed by atoms with Gasteiger partial charge in [-0.05, 0) is 0 Å². The number of nitrogens with one attached hydrogen (secondary N) is 1. The van der Waals surface area contributed by atoms with E-state index in [0.717, 1.165) is 17.5 Å². The van der Waals surface area contributed by atoms with Gasteiger partial charge < -0.3 is 0 Å². The Kier molecular flexibility index (Phi) is 7.48. The number of alkyl halides is 5. The van der Waals surface area contributed by atoms with Crippen molar-refractivity contribution in [2.75, 3.05) is 0 Å². The Morgan fingerprint density at radius 2 is 1.94 bits per heavy atom. The Bertz CT molecular complexity index is 842. The molecule has 2 aliphatic rings. The van der Waals surface area contributed by atoms with Gasteiger partial charge in [-0.25, -0.2) is 0 Å². The third-order valence-corrected chi connectivity index (χ3v) is 9.22. The molecule has 1 heterocycles. The summed E-state index contributed by atoms with van der Waals surface area (Å²) >= 11 is -0.941. The first-order valence-electron chi connectivity index (χ1n) is 10.2. The molecule has 6 nitrogen and oxygen atoms in total. The predicted octanol–water partition coefficient (Wildman–Crippen LogP) is 0.469. The van der Waals surface area contributed by atoms with E-state index in [4.69, 9.17) is 0 Å². The van der Waals surface area contributed by atoms with E-state index in [1.165, 1.54) is 0 Å². The van der Waals surface area contributed by atoms with E-state index in [2.05, 4.69) is 0 Å². The summed E-state index contributed by atoms with van der Waals surface area (Å²) in [5.41, 5.74) is 2.01. The third-order valence-electron chi connectivity index (χ3n) is 5.73. The van der Waals surface area contributed by atoms with E-state index in [1.54, 1.807) is 0 Å². The number of imide groups is 1. The van der Waals surface area contributed by atoms with Crippen LogP contribution in [0.5, 0.6) is 0 Å². The van der Waals surface area contributed by atoms with Crippen molar-refractivity contribution in [3.63, 3.8) is 0 Å². The van der Waals surface area contributed by atoms with Crippen molar-refractivity contribution in [2.45, 2.75) is 65.6 Å². The molecule has 0 aromatic heterocycles. The molecule has 10 heteroatoms. The van der Waals surface area contributed by atoms with Gasteiger partial charge in [0, 0.05) is 0 Å². The van der Waals surface area contributed by atoms with Gasteiger partial charge in [0.05, 0.1) is 0 Å². The Morgan fingerprint density at radius 3 is 2.52 bits per heavy atom. The van der Waals surface area contributed by atoms with Crippen LogP contribution in [0.25, 0.3) is 0 Å². The zero-order chi connectivity index (χ0) is 22.8. The molecule has 3 amide bonds. The number of carbonyl (C=O) groups is 3. The summed E-state index contributed by atoms with van der Waals surface area (Å²) in [6.45, 7) is 1.92. The molecule has 2 fully saturated rings. The zero-order valence-corrected chi connectivity index (χ0v) is 19.1. The van der Waals surface area contributed by atoms with Crippen molar-refractivity contribution >= 4 is 17.9 Å². The molecule has 0 spiro atoms. The van der Waals surface area contributed by atoms with E-state index in [0.29, 0.717) is 35.0 Å². The number of benzene rings is 1. The molecule has 1 aromatic rings. The number of aryl methyl sites for hydroxylation is 1. The number of nitrogens with zero attached hydrogens (tertiary/aromatic N) is 1. The zero-order valence-electron chi connectivity index (χ0n) is 17.0. The molecule has 1 aromatic carbocycles. The van der Waals surface area contributed by atoms with Gasteiger partial charge in [-0.1, -0.05) is 0 Å². The fourth-order valence-electron chi connectivity index (χ4n) is 4.17. The van der Waals surface area contributed by atoms with Crippen LogP contribution in [0.4, 0.5) is 18.0 Å². The van der Waals surface area contributed by atoms with Gasteiger partial charge in [-0.2, -0.15) is 0 Å². The van der Waals surface area contributed by atoms with Crippen LogP contribution < -0.4 is 26.5 Å². The standard InChI is InChI=1S/C21H25F3IN2O4/c1-12-6-5-7-13(10-12)11-25-15-16(19(29)30)27(18(15)28)20(31)26-17(21(22,23)24)14-8-3-2-4-9-14/h5-7,10,14-17H,2-4,8-9,11H2,1H3,(H,26,31)(H,29,30)/q-1/t15?,16-,17-/m0/s1. The molecule has 3 atom stereocenters. The second kappa shape index (κ2) is 9.74. The molecule has 1 aliphatic heterocycles. The SMILES string of the molecule is Cc1cccc(C[I-]C2C(=O)N(C(=O)N[C@@H](C3CCCCC3)C(F)(F)F)[C@@H]2C(=O)O)c1. The Balaban J connectivity index is 1.68. The van der Waals surface area contributed by atoms with Gasteiger partial charge in [0.1, 0.15) is 0 Å². The fraction of sp³-hybridized carbons (Fsp3) is 0.571. The number of halogens is 4. The van der Waals surface area contributed by atoms with Crippen molar-refractivity contribution in [3.05, 3.63) is 35.4 Å². The van der Waals surface area contributed by atoms with Crippen LogP contribution in [0.3, 0.4) is 0 Å². The van der Waals surface area contributed by atoms with Gasteiger partial charge in [0.25, 0.3) is 0 Å². The van der Waals surface area contributed by atoms with Gasteiger partial charge in [-0.15, -0.1) is 0 Å². The molecule has 3 rings (SSSR count). The van der Waals surface area contributed by atoms with Crippen LogP contribution in [0.15, 0.2) is 24.3 Å². The number of likely N-dealkylation sites (tertiary alicyclic amines) is 1. The molecule has 2 N–H and O–H groups in total. The van der Waals surface area contributed by atoms with Crippen LogP contribution in [0.2, 0.25) is 0 Å². The summed E-state index contributed by atoms with van der Waals surface area (Å²) in [5, 5.41) is 11.5. The maximum atomic E-state index is 13.6. The number of β-lactam (4-membered cyclic amide) rings is 1. The first-order valence-corrected chi connectivity index (χ1v) is 12.9. The molecular weight excluding hydrogens is 528 g/mol. The topological polar surface area (TPSA) is 86.7 Å². The number of rotatable bonds is 6. The molecule has 1 saturated heterocycles. The Labute approximate surface area is 188 Å². The Hall–Kier alpha value is -1.85. The van der Waals surface area contributed by atoms with Crippen molar-refractivity contribution in [1.82, 2.24) is 10.2 Å². The minimum atomic E-state index is -4.66. The number of amides is 3. The summed E-state index contributed by atoms with van der Waals surface area (Å²) in [7, 11) is 0. The number of hydrogen-bond acceptors (Lipinski definition) is 3. The molecule has 0 radical (unpaired) electrons. The van der Waals surface area contributed by atoms with E-state index in [9.17, 15) is 32.7 Å². The van der Waals surface area contributed by atoms with Crippen LogP contribution >= 0.6 is 0 Å². The number of aliphatic carboxylic acids is 1. The van der Waals surface area contributed by atoms with Crippen molar-refractivity contribution < 1.29 is 53.9 Å². The Morgan fingerprint density at radius 1 is 1.26 bits per heavy atom.